The highest BCUT2D eigenvalue weighted by Crippen LogP contribution is 2.29. The fraction of sp³-hybridized carbons (Fsp3) is 0.917. The maximum Gasteiger partial charge on any atom is 0.219 e. The first-order valence-corrected chi connectivity index (χ1v) is 5.99. The summed E-state index contributed by atoms with van der Waals surface area (Å²) in [6.07, 6.45) is 7.28. The van der Waals surface area contributed by atoms with Crippen molar-refractivity contribution in [2.24, 2.45) is 11.8 Å². The fourth-order valence-corrected chi connectivity index (χ4v) is 2.16. The Morgan fingerprint density at radius 2 is 1.93 bits per heavy atom. The largest absolute Gasteiger partial charge is 0.356 e. The first-order valence-electron chi connectivity index (χ1n) is 5.99. The number of carbonyl (C=O) groups is 1. The quantitative estimate of drug-likeness (QED) is 0.737. The van der Waals surface area contributed by atoms with E-state index >= 15 is 0 Å². The number of carbonyl (C=O) groups excluding carboxylic acids is 1. The summed E-state index contributed by atoms with van der Waals surface area (Å²) in [6, 6.07) is 0. The van der Waals surface area contributed by atoms with Gasteiger partial charge in [0.15, 0.2) is 0 Å². The lowest BCUT2D eigenvalue weighted by Crippen LogP contribution is -2.26. The van der Waals surface area contributed by atoms with E-state index in [1.165, 1.54) is 32.1 Å². The van der Waals surface area contributed by atoms with Gasteiger partial charge in [0.25, 0.3) is 0 Å². The van der Waals surface area contributed by atoms with Gasteiger partial charge < -0.3 is 5.32 Å². The molecule has 0 aromatic heterocycles. The second kappa shape index (κ2) is 6.05. The number of hydrogen-bond donors (Lipinski definition) is 1. The minimum atomic E-state index is 0.189. The molecule has 0 aromatic rings. The lowest BCUT2D eigenvalue weighted by Gasteiger charge is -2.26. The van der Waals surface area contributed by atoms with Crippen LogP contribution in [-0.2, 0) is 4.79 Å². The summed E-state index contributed by atoms with van der Waals surface area (Å²) in [5.74, 6) is 1.98. The Morgan fingerprint density at radius 1 is 1.29 bits per heavy atom. The van der Waals surface area contributed by atoms with Crippen LogP contribution in [0.25, 0.3) is 0 Å². The van der Waals surface area contributed by atoms with Crippen molar-refractivity contribution in [1.29, 1.82) is 0 Å². The molecule has 1 fully saturated rings. The minimum Gasteiger partial charge on any atom is -0.356 e. The highest BCUT2D eigenvalue weighted by atomic mass is 16.1. The van der Waals surface area contributed by atoms with Crippen molar-refractivity contribution >= 4 is 5.91 Å². The summed E-state index contributed by atoms with van der Waals surface area (Å²) in [6.45, 7) is 5.12. The van der Waals surface area contributed by atoms with Gasteiger partial charge in [0.1, 0.15) is 0 Å². The van der Waals surface area contributed by atoms with E-state index in [9.17, 15) is 4.79 Å². The summed E-state index contributed by atoms with van der Waals surface area (Å²) in [5.41, 5.74) is 0. The van der Waals surface area contributed by atoms with Gasteiger partial charge >= 0.3 is 0 Å². The second-order valence-corrected chi connectivity index (χ2v) is 4.62. The van der Waals surface area contributed by atoms with E-state index in [4.69, 9.17) is 0 Å². The second-order valence-electron chi connectivity index (χ2n) is 4.62. The third-order valence-corrected chi connectivity index (χ3v) is 3.33. The molecule has 1 aliphatic rings. The molecule has 1 aliphatic carbocycles. The van der Waals surface area contributed by atoms with Gasteiger partial charge in [-0.15, -0.1) is 0 Å². The Morgan fingerprint density at radius 3 is 2.50 bits per heavy atom. The summed E-state index contributed by atoms with van der Waals surface area (Å²) >= 11 is 0. The van der Waals surface area contributed by atoms with Crippen LogP contribution in [0.15, 0.2) is 0 Å². The molecule has 1 saturated carbocycles. The lowest BCUT2D eigenvalue weighted by molar-refractivity contribution is -0.120. The molecule has 0 atom stereocenters. The number of rotatable bonds is 4. The molecule has 0 saturated heterocycles. The molecule has 0 unspecified atom stereocenters. The van der Waals surface area contributed by atoms with Crippen LogP contribution in [0.1, 0.15) is 52.4 Å². The highest BCUT2D eigenvalue weighted by molar-refractivity contribution is 5.75. The van der Waals surface area contributed by atoms with E-state index in [1.807, 2.05) is 6.92 Å². The van der Waals surface area contributed by atoms with Crippen LogP contribution in [0.3, 0.4) is 0 Å². The monoisotopic (exact) mass is 197 g/mol. The van der Waals surface area contributed by atoms with Crippen molar-refractivity contribution in [2.45, 2.75) is 52.4 Å². The van der Waals surface area contributed by atoms with Gasteiger partial charge in [0, 0.05) is 13.0 Å². The molecule has 2 nitrogen and oxygen atoms in total. The number of amides is 1. The molecule has 0 bridgehead atoms. The van der Waals surface area contributed by atoms with Crippen LogP contribution in [0.5, 0.6) is 0 Å². The summed E-state index contributed by atoms with van der Waals surface area (Å²) in [5, 5.41) is 2.95. The van der Waals surface area contributed by atoms with Crippen LogP contribution >= 0.6 is 0 Å². The molecule has 2 heteroatoms. The Labute approximate surface area is 87.5 Å². The van der Waals surface area contributed by atoms with Crippen molar-refractivity contribution in [3.05, 3.63) is 0 Å². The Bertz CT molecular complexity index is 171. The highest BCUT2D eigenvalue weighted by Gasteiger charge is 2.17. The van der Waals surface area contributed by atoms with Crippen molar-refractivity contribution in [3.8, 4) is 0 Å². The molecular weight excluding hydrogens is 174 g/mol. The van der Waals surface area contributed by atoms with Crippen molar-refractivity contribution in [1.82, 2.24) is 5.32 Å². The maximum absolute atomic E-state index is 11.0. The predicted molar refractivity (Wildman–Crippen MR) is 59.0 cm³/mol. The molecule has 0 aliphatic heterocycles. The molecule has 1 N–H and O–H groups in total. The number of hydrogen-bond acceptors (Lipinski definition) is 1. The van der Waals surface area contributed by atoms with E-state index < -0.39 is 0 Å². The van der Waals surface area contributed by atoms with Gasteiger partial charge in [-0.2, -0.15) is 0 Å². The topological polar surface area (TPSA) is 29.1 Å². The van der Waals surface area contributed by atoms with Crippen LogP contribution in [0, 0.1) is 11.8 Å². The average molecular weight is 197 g/mol. The normalized spacial score (nSPS) is 27.3. The Hall–Kier alpha value is -0.530. The molecule has 1 amide bonds. The fourth-order valence-electron chi connectivity index (χ4n) is 2.16. The van der Waals surface area contributed by atoms with Gasteiger partial charge in [-0.3, -0.25) is 4.79 Å². The van der Waals surface area contributed by atoms with Crippen molar-refractivity contribution in [3.63, 3.8) is 0 Å². The van der Waals surface area contributed by atoms with E-state index in [0.717, 1.165) is 18.4 Å². The molecule has 0 heterocycles. The molecule has 14 heavy (non-hydrogen) atoms. The van der Waals surface area contributed by atoms with Crippen molar-refractivity contribution < 1.29 is 4.79 Å². The third-order valence-electron chi connectivity index (χ3n) is 3.33. The first kappa shape index (κ1) is 11.5. The van der Waals surface area contributed by atoms with E-state index in [1.54, 1.807) is 0 Å². The Balaban J connectivity index is 2.04. The molecule has 0 aromatic carbocycles. The summed E-state index contributed by atoms with van der Waals surface area (Å²) in [7, 11) is 0. The lowest BCUT2D eigenvalue weighted by atomic mass is 9.81. The van der Waals surface area contributed by atoms with Crippen LogP contribution in [0.2, 0.25) is 0 Å². The number of nitrogens with one attached hydrogen (secondary N) is 1. The predicted octanol–water partition coefficient (Wildman–Crippen LogP) is 2.73. The minimum absolute atomic E-state index is 0.189. The molecule has 1 rings (SSSR count). The average Bonchev–Trinajstić information content (AvgIpc) is 2.21. The first-order chi connectivity index (χ1) is 6.72. The van der Waals surface area contributed by atoms with Crippen LogP contribution in [0.4, 0.5) is 0 Å². The summed E-state index contributed by atoms with van der Waals surface area (Å²) in [4.78, 5) is 11.0. The zero-order chi connectivity index (χ0) is 10.4. The molecule has 0 radical (unpaired) electrons. The van der Waals surface area contributed by atoms with Gasteiger partial charge in [0.2, 0.25) is 5.91 Å². The van der Waals surface area contributed by atoms with Gasteiger partial charge in [-0.05, 0) is 18.3 Å². The van der Waals surface area contributed by atoms with Crippen LogP contribution in [-0.4, -0.2) is 12.5 Å². The van der Waals surface area contributed by atoms with E-state index in [-0.39, 0.29) is 5.91 Å². The molecular formula is C12H23NO. The van der Waals surface area contributed by atoms with E-state index in [2.05, 4.69) is 12.2 Å². The zero-order valence-electron chi connectivity index (χ0n) is 9.51. The summed E-state index contributed by atoms with van der Waals surface area (Å²) < 4.78 is 0. The molecule has 82 valence electrons. The standard InChI is InChI=1S/C12H23NO/c1-3-12(14)13-9-8-11-6-4-10(2)5-7-11/h10-11H,3-9H2,1-2H3,(H,13,14). The van der Waals surface area contributed by atoms with Gasteiger partial charge in [0.05, 0.1) is 0 Å². The van der Waals surface area contributed by atoms with Gasteiger partial charge in [-0.1, -0.05) is 39.5 Å². The zero-order valence-corrected chi connectivity index (χ0v) is 9.51. The van der Waals surface area contributed by atoms with E-state index in [0.29, 0.717) is 6.42 Å². The molecule has 0 spiro atoms. The van der Waals surface area contributed by atoms with Crippen LogP contribution < -0.4 is 5.32 Å². The third kappa shape index (κ3) is 4.12. The Kier molecular flexibility index (Phi) is 4.99. The SMILES string of the molecule is CCC(=O)NCCC1CCC(C)CC1. The van der Waals surface area contributed by atoms with Gasteiger partial charge in [-0.25, -0.2) is 0 Å². The smallest absolute Gasteiger partial charge is 0.219 e. The maximum atomic E-state index is 11.0. The van der Waals surface area contributed by atoms with Crippen molar-refractivity contribution in [2.75, 3.05) is 6.54 Å².